The first-order chi connectivity index (χ1) is 8.14. The maximum atomic E-state index is 13.9. The first-order valence-corrected chi connectivity index (χ1v) is 5.60. The monoisotopic (exact) mass is 236 g/mol. The van der Waals surface area contributed by atoms with E-state index >= 15 is 0 Å². The van der Waals surface area contributed by atoms with E-state index in [1.807, 2.05) is 30.3 Å². The van der Waals surface area contributed by atoms with E-state index in [1.54, 1.807) is 6.92 Å². The van der Waals surface area contributed by atoms with Crippen molar-refractivity contribution in [3.8, 4) is 0 Å². The van der Waals surface area contributed by atoms with Crippen molar-refractivity contribution in [3.05, 3.63) is 60.0 Å². The van der Waals surface area contributed by atoms with Crippen LogP contribution in [0.3, 0.4) is 0 Å². The van der Waals surface area contributed by atoms with Gasteiger partial charge in [-0.25, -0.2) is 8.78 Å². The average Bonchev–Trinajstić information content (AvgIpc) is 2.30. The van der Waals surface area contributed by atoms with Gasteiger partial charge in [0.25, 0.3) is 5.85 Å². The number of ether oxygens (including phenoxy) is 1. The number of halogens is 2. The minimum Gasteiger partial charge on any atom is -0.340 e. The third-order valence-corrected chi connectivity index (χ3v) is 2.67. The average molecular weight is 236 g/mol. The highest BCUT2D eigenvalue weighted by Crippen LogP contribution is 2.35. The van der Waals surface area contributed by atoms with E-state index in [4.69, 9.17) is 4.74 Å². The Hall–Kier alpha value is -1.48. The molecule has 17 heavy (non-hydrogen) atoms. The molecule has 0 spiro atoms. The van der Waals surface area contributed by atoms with Crippen molar-refractivity contribution in [2.75, 3.05) is 6.61 Å². The van der Waals surface area contributed by atoms with Gasteiger partial charge in [0.15, 0.2) is 0 Å². The zero-order valence-corrected chi connectivity index (χ0v) is 9.57. The van der Waals surface area contributed by atoms with E-state index in [1.165, 1.54) is 12.2 Å². The SMILES string of the molecule is CCOC1(F)C=CC(c2ccccc2)C(F)=C1. The van der Waals surface area contributed by atoms with Crippen molar-refractivity contribution >= 4 is 0 Å². The quantitative estimate of drug-likeness (QED) is 0.723. The molecule has 0 bridgehead atoms. The zero-order chi connectivity index (χ0) is 12.3. The van der Waals surface area contributed by atoms with Crippen LogP contribution in [0.25, 0.3) is 0 Å². The second-order valence-electron chi connectivity index (χ2n) is 3.91. The highest BCUT2D eigenvalue weighted by atomic mass is 19.2. The van der Waals surface area contributed by atoms with Crippen LogP contribution < -0.4 is 0 Å². The fraction of sp³-hybridized carbons (Fsp3) is 0.286. The minimum absolute atomic E-state index is 0.195. The largest absolute Gasteiger partial charge is 0.340 e. The van der Waals surface area contributed by atoms with Crippen LogP contribution in [0.15, 0.2) is 54.4 Å². The highest BCUT2D eigenvalue weighted by molar-refractivity contribution is 5.36. The zero-order valence-electron chi connectivity index (χ0n) is 9.57. The Labute approximate surface area is 99.4 Å². The van der Waals surface area contributed by atoms with Crippen molar-refractivity contribution in [2.24, 2.45) is 0 Å². The Morgan fingerprint density at radius 3 is 2.59 bits per heavy atom. The number of alkyl halides is 1. The molecule has 0 fully saturated rings. The van der Waals surface area contributed by atoms with Crippen LogP contribution in [0.5, 0.6) is 0 Å². The molecular formula is C14H14F2O. The summed E-state index contributed by atoms with van der Waals surface area (Å²) in [6.07, 6.45) is 3.66. The summed E-state index contributed by atoms with van der Waals surface area (Å²) in [6, 6.07) is 9.15. The lowest BCUT2D eigenvalue weighted by atomic mass is 9.92. The number of hydrogen-bond donors (Lipinski definition) is 0. The van der Waals surface area contributed by atoms with Gasteiger partial charge >= 0.3 is 0 Å². The Kier molecular flexibility index (Phi) is 3.38. The Balaban J connectivity index is 2.24. The van der Waals surface area contributed by atoms with E-state index in [0.29, 0.717) is 0 Å². The van der Waals surface area contributed by atoms with Gasteiger partial charge < -0.3 is 4.74 Å². The van der Waals surface area contributed by atoms with Crippen LogP contribution in [-0.2, 0) is 4.74 Å². The third-order valence-electron chi connectivity index (χ3n) is 2.67. The number of benzene rings is 1. The van der Waals surface area contributed by atoms with E-state index in [9.17, 15) is 8.78 Å². The molecule has 90 valence electrons. The van der Waals surface area contributed by atoms with Crippen LogP contribution >= 0.6 is 0 Å². The fourth-order valence-electron chi connectivity index (χ4n) is 1.89. The summed E-state index contributed by atoms with van der Waals surface area (Å²) in [5, 5.41) is 0. The lowest BCUT2D eigenvalue weighted by molar-refractivity contribution is -0.0655. The lowest BCUT2D eigenvalue weighted by Gasteiger charge is -2.24. The first kappa shape index (κ1) is 12.0. The van der Waals surface area contributed by atoms with Crippen LogP contribution in [0.2, 0.25) is 0 Å². The molecule has 0 heterocycles. The normalized spacial score (nSPS) is 27.9. The standard InChI is InChI=1S/C14H14F2O/c1-2-17-14(16)9-8-12(13(15)10-14)11-6-4-3-5-7-11/h3-10,12H,2H2,1H3. The Morgan fingerprint density at radius 2 is 2.00 bits per heavy atom. The second kappa shape index (κ2) is 4.80. The lowest BCUT2D eigenvalue weighted by Crippen LogP contribution is -2.25. The summed E-state index contributed by atoms with van der Waals surface area (Å²) in [5.41, 5.74) is 0.802. The predicted octanol–water partition coefficient (Wildman–Crippen LogP) is 3.90. The number of allylic oxidation sites excluding steroid dienone is 2. The smallest absolute Gasteiger partial charge is 0.250 e. The van der Waals surface area contributed by atoms with Crippen LogP contribution in [0, 0.1) is 0 Å². The first-order valence-electron chi connectivity index (χ1n) is 5.60. The van der Waals surface area contributed by atoms with Gasteiger partial charge in [-0.05, 0) is 18.6 Å². The molecule has 1 aromatic rings. The molecule has 0 saturated carbocycles. The molecule has 0 aromatic heterocycles. The summed E-state index contributed by atoms with van der Waals surface area (Å²) >= 11 is 0. The highest BCUT2D eigenvalue weighted by Gasteiger charge is 2.31. The van der Waals surface area contributed by atoms with E-state index in [-0.39, 0.29) is 6.61 Å². The molecule has 0 radical (unpaired) electrons. The van der Waals surface area contributed by atoms with Crippen molar-refractivity contribution < 1.29 is 13.5 Å². The van der Waals surface area contributed by atoms with Gasteiger partial charge in [0.05, 0.1) is 5.92 Å². The van der Waals surface area contributed by atoms with Gasteiger partial charge in [-0.1, -0.05) is 36.4 Å². The summed E-state index contributed by atoms with van der Waals surface area (Å²) in [5.74, 6) is -3.14. The molecule has 0 aliphatic heterocycles. The molecule has 0 saturated heterocycles. The van der Waals surface area contributed by atoms with E-state index in [0.717, 1.165) is 11.6 Å². The fourth-order valence-corrected chi connectivity index (χ4v) is 1.89. The summed E-state index contributed by atoms with van der Waals surface area (Å²) in [4.78, 5) is 0. The third kappa shape index (κ3) is 2.61. The maximum Gasteiger partial charge on any atom is 0.250 e. The van der Waals surface area contributed by atoms with Crippen LogP contribution in [-0.4, -0.2) is 12.5 Å². The van der Waals surface area contributed by atoms with Gasteiger partial charge in [0.1, 0.15) is 5.83 Å². The van der Waals surface area contributed by atoms with Gasteiger partial charge in [0, 0.05) is 12.7 Å². The number of rotatable bonds is 3. The Bertz CT molecular complexity index is 439. The topological polar surface area (TPSA) is 9.23 Å². The van der Waals surface area contributed by atoms with Crippen molar-refractivity contribution in [2.45, 2.75) is 18.7 Å². The van der Waals surface area contributed by atoms with E-state index in [2.05, 4.69) is 0 Å². The summed E-state index contributed by atoms with van der Waals surface area (Å²) < 4.78 is 32.6. The van der Waals surface area contributed by atoms with Crippen molar-refractivity contribution in [1.82, 2.24) is 0 Å². The molecule has 3 heteroatoms. The minimum atomic E-state index is -2.11. The molecular weight excluding hydrogens is 222 g/mol. The molecule has 1 aliphatic carbocycles. The van der Waals surface area contributed by atoms with Gasteiger partial charge in [-0.3, -0.25) is 0 Å². The molecule has 0 N–H and O–H groups in total. The summed E-state index contributed by atoms with van der Waals surface area (Å²) in [6.45, 7) is 1.87. The second-order valence-corrected chi connectivity index (χ2v) is 3.91. The van der Waals surface area contributed by atoms with Crippen LogP contribution in [0.4, 0.5) is 8.78 Å². The van der Waals surface area contributed by atoms with Crippen LogP contribution in [0.1, 0.15) is 18.4 Å². The molecule has 1 aliphatic rings. The molecule has 1 aromatic carbocycles. The van der Waals surface area contributed by atoms with Gasteiger partial charge in [-0.2, -0.15) is 0 Å². The van der Waals surface area contributed by atoms with Crippen molar-refractivity contribution in [1.29, 1.82) is 0 Å². The maximum absolute atomic E-state index is 13.9. The molecule has 2 atom stereocenters. The summed E-state index contributed by atoms with van der Waals surface area (Å²) in [7, 11) is 0. The van der Waals surface area contributed by atoms with E-state index < -0.39 is 17.6 Å². The molecule has 2 unspecified atom stereocenters. The Morgan fingerprint density at radius 1 is 1.29 bits per heavy atom. The van der Waals surface area contributed by atoms with Crippen molar-refractivity contribution in [3.63, 3.8) is 0 Å². The molecule has 2 rings (SSSR count). The molecule has 0 amide bonds. The number of hydrogen-bond acceptors (Lipinski definition) is 1. The van der Waals surface area contributed by atoms with Gasteiger partial charge in [0.2, 0.25) is 0 Å². The predicted molar refractivity (Wildman–Crippen MR) is 63.0 cm³/mol. The van der Waals surface area contributed by atoms with Gasteiger partial charge in [-0.15, -0.1) is 0 Å². The molecule has 1 nitrogen and oxygen atoms in total.